The molecule has 0 saturated carbocycles. The van der Waals surface area contributed by atoms with Gasteiger partial charge in [0.25, 0.3) is 6.43 Å². The molecule has 0 aromatic carbocycles. The molecule has 1 aromatic rings. The van der Waals surface area contributed by atoms with Gasteiger partial charge in [-0.25, -0.2) is 8.78 Å². The van der Waals surface area contributed by atoms with Crippen molar-refractivity contribution >= 4 is 0 Å². The molecule has 1 N–H and O–H groups in total. The molecule has 1 nitrogen and oxygen atoms in total. The number of aromatic nitrogens is 1. The molecule has 1 heterocycles. The fourth-order valence-electron chi connectivity index (χ4n) is 0.689. The van der Waals surface area contributed by atoms with E-state index in [0.29, 0.717) is 5.56 Å². The zero-order valence-electron chi connectivity index (χ0n) is 4.99. The minimum atomic E-state index is -2.35. The lowest BCUT2D eigenvalue weighted by atomic mass is 10.2. The molecule has 0 amide bonds. The maximum Gasteiger partial charge on any atom is 0.265 e. The van der Waals surface area contributed by atoms with E-state index < -0.39 is 6.43 Å². The van der Waals surface area contributed by atoms with Crippen LogP contribution in [0.5, 0.6) is 0 Å². The van der Waals surface area contributed by atoms with Crippen molar-refractivity contribution in [3.05, 3.63) is 23.5 Å². The molecule has 0 fully saturated rings. The Kier molecular flexibility index (Phi) is 1.51. The van der Waals surface area contributed by atoms with Gasteiger partial charge in [0.05, 0.1) is 0 Å². The summed E-state index contributed by atoms with van der Waals surface area (Å²) < 4.78 is 23.7. The molecule has 50 valence electrons. The first-order valence-corrected chi connectivity index (χ1v) is 2.63. The first-order chi connectivity index (χ1) is 4.22. The van der Waals surface area contributed by atoms with Crippen LogP contribution in [0.3, 0.4) is 0 Å². The lowest BCUT2D eigenvalue weighted by Gasteiger charge is -1.93. The van der Waals surface area contributed by atoms with E-state index in [1.165, 1.54) is 6.20 Å². The minimum absolute atomic E-state index is 0.0926. The van der Waals surface area contributed by atoms with Crippen LogP contribution in [-0.2, 0) is 0 Å². The van der Waals surface area contributed by atoms with E-state index >= 15 is 0 Å². The Hall–Kier alpha value is -0.860. The lowest BCUT2D eigenvalue weighted by molar-refractivity contribution is 0.151. The molecule has 0 unspecified atom stereocenters. The zero-order chi connectivity index (χ0) is 6.85. The van der Waals surface area contributed by atoms with E-state index in [0.717, 1.165) is 0 Å². The van der Waals surface area contributed by atoms with E-state index in [2.05, 4.69) is 4.98 Å². The highest BCUT2D eigenvalue weighted by atomic mass is 19.3. The van der Waals surface area contributed by atoms with Crippen molar-refractivity contribution in [2.75, 3.05) is 0 Å². The van der Waals surface area contributed by atoms with Crippen molar-refractivity contribution in [1.29, 1.82) is 0 Å². The molecule has 3 heteroatoms. The van der Waals surface area contributed by atoms with E-state index in [1.54, 1.807) is 13.1 Å². The first kappa shape index (κ1) is 6.26. The molecule has 0 spiro atoms. The predicted octanol–water partition coefficient (Wildman–Crippen LogP) is 2.26. The van der Waals surface area contributed by atoms with Gasteiger partial charge in [-0.15, -0.1) is 0 Å². The summed E-state index contributed by atoms with van der Waals surface area (Å²) in [6.45, 7) is 1.65. The first-order valence-electron chi connectivity index (χ1n) is 2.63. The van der Waals surface area contributed by atoms with Crippen LogP contribution < -0.4 is 0 Å². The summed E-state index contributed by atoms with van der Waals surface area (Å²) in [6.07, 6.45) is 0.526. The molecule has 0 aliphatic carbocycles. The predicted molar refractivity (Wildman–Crippen MR) is 30.5 cm³/mol. The van der Waals surface area contributed by atoms with E-state index in [1.807, 2.05) is 0 Å². The van der Waals surface area contributed by atoms with Gasteiger partial charge in [-0.05, 0) is 12.5 Å². The van der Waals surface area contributed by atoms with Crippen molar-refractivity contribution in [3.8, 4) is 0 Å². The topological polar surface area (TPSA) is 15.8 Å². The third kappa shape index (κ3) is 1.09. The average molecular weight is 131 g/mol. The summed E-state index contributed by atoms with van der Waals surface area (Å²) in [4.78, 5) is 2.60. The molecular weight excluding hydrogens is 124 g/mol. The maximum absolute atomic E-state index is 11.8. The van der Waals surface area contributed by atoms with Crippen LogP contribution >= 0.6 is 0 Å². The smallest absolute Gasteiger partial charge is 0.265 e. The highest BCUT2D eigenvalue weighted by molar-refractivity contribution is 5.22. The number of aromatic amines is 1. The SMILES string of the molecule is Cc1c[nH]cc1C(F)F. The molecule has 9 heavy (non-hydrogen) atoms. The molecule has 0 aliphatic heterocycles. The van der Waals surface area contributed by atoms with E-state index in [9.17, 15) is 8.78 Å². The highest BCUT2D eigenvalue weighted by Gasteiger charge is 2.09. The summed E-state index contributed by atoms with van der Waals surface area (Å²) in [5.74, 6) is 0. The van der Waals surface area contributed by atoms with E-state index in [4.69, 9.17) is 0 Å². The Bertz CT molecular complexity index is 193. The summed E-state index contributed by atoms with van der Waals surface area (Å²) >= 11 is 0. The number of nitrogens with one attached hydrogen (secondary N) is 1. The van der Waals surface area contributed by atoms with Crippen molar-refractivity contribution in [2.24, 2.45) is 0 Å². The molecule has 0 atom stereocenters. The second-order valence-electron chi connectivity index (χ2n) is 1.89. The fraction of sp³-hybridized carbons (Fsp3) is 0.333. The monoisotopic (exact) mass is 131 g/mol. The van der Waals surface area contributed by atoms with Gasteiger partial charge in [0.2, 0.25) is 0 Å². The standard InChI is InChI=1S/C6H7F2N/c1-4-2-9-3-5(4)6(7)8/h2-3,6,9H,1H3. The van der Waals surface area contributed by atoms with Gasteiger partial charge in [0, 0.05) is 18.0 Å². The molecule has 1 rings (SSSR count). The largest absolute Gasteiger partial charge is 0.367 e. The number of halogens is 2. The molecule has 1 aromatic heterocycles. The number of H-pyrrole nitrogens is 1. The third-order valence-corrected chi connectivity index (χ3v) is 1.23. The van der Waals surface area contributed by atoms with Gasteiger partial charge < -0.3 is 4.98 Å². The minimum Gasteiger partial charge on any atom is -0.367 e. The Balaban J connectivity index is 2.94. The van der Waals surface area contributed by atoms with Gasteiger partial charge in [0.1, 0.15) is 0 Å². The molecule has 0 bridgehead atoms. The van der Waals surface area contributed by atoms with Crippen molar-refractivity contribution in [3.63, 3.8) is 0 Å². The number of hydrogen-bond donors (Lipinski definition) is 1. The lowest BCUT2D eigenvalue weighted by Crippen LogP contribution is -1.81. The number of hydrogen-bond acceptors (Lipinski definition) is 0. The molecular formula is C6H7F2N. The fourth-order valence-corrected chi connectivity index (χ4v) is 0.689. The summed E-state index contributed by atoms with van der Waals surface area (Å²) in [5.41, 5.74) is 0.708. The Morgan fingerprint density at radius 2 is 2.11 bits per heavy atom. The van der Waals surface area contributed by atoms with Gasteiger partial charge >= 0.3 is 0 Å². The van der Waals surface area contributed by atoms with E-state index in [-0.39, 0.29) is 5.56 Å². The van der Waals surface area contributed by atoms with Gasteiger partial charge in [-0.1, -0.05) is 0 Å². The van der Waals surface area contributed by atoms with Gasteiger partial charge in [-0.3, -0.25) is 0 Å². The maximum atomic E-state index is 11.8. The van der Waals surface area contributed by atoms with Crippen LogP contribution in [0.2, 0.25) is 0 Å². The van der Waals surface area contributed by atoms with Crippen LogP contribution in [0.25, 0.3) is 0 Å². The number of rotatable bonds is 1. The normalized spacial score (nSPS) is 10.7. The number of alkyl halides is 2. The zero-order valence-corrected chi connectivity index (χ0v) is 4.99. The molecule has 0 radical (unpaired) electrons. The highest BCUT2D eigenvalue weighted by Crippen LogP contribution is 2.20. The summed E-state index contributed by atoms with van der Waals surface area (Å²) in [5, 5.41) is 0. The quantitative estimate of drug-likeness (QED) is 0.601. The Morgan fingerprint density at radius 1 is 1.44 bits per heavy atom. The molecule has 0 aliphatic rings. The van der Waals surface area contributed by atoms with Gasteiger partial charge in [-0.2, -0.15) is 0 Å². The second kappa shape index (κ2) is 2.17. The van der Waals surface area contributed by atoms with Crippen LogP contribution in [0.4, 0.5) is 8.78 Å². The summed E-state index contributed by atoms with van der Waals surface area (Å²) in [6, 6.07) is 0. The second-order valence-corrected chi connectivity index (χ2v) is 1.89. The van der Waals surface area contributed by atoms with Crippen LogP contribution in [0, 0.1) is 6.92 Å². The van der Waals surface area contributed by atoms with Gasteiger partial charge in [0.15, 0.2) is 0 Å². The van der Waals surface area contributed by atoms with Crippen LogP contribution in [0.15, 0.2) is 12.4 Å². The Morgan fingerprint density at radius 3 is 2.33 bits per heavy atom. The summed E-state index contributed by atoms with van der Waals surface area (Å²) in [7, 11) is 0. The molecule has 0 saturated heterocycles. The van der Waals surface area contributed by atoms with Crippen molar-refractivity contribution < 1.29 is 8.78 Å². The number of aryl methyl sites for hydroxylation is 1. The average Bonchev–Trinajstić information content (AvgIpc) is 2.13. The van der Waals surface area contributed by atoms with Crippen LogP contribution in [-0.4, -0.2) is 4.98 Å². The third-order valence-electron chi connectivity index (χ3n) is 1.23. The Labute approximate surface area is 51.7 Å². The van der Waals surface area contributed by atoms with Crippen LogP contribution in [0.1, 0.15) is 17.6 Å². The van der Waals surface area contributed by atoms with Crippen molar-refractivity contribution in [1.82, 2.24) is 4.98 Å². The van der Waals surface area contributed by atoms with Crippen molar-refractivity contribution in [2.45, 2.75) is 13.3 Å².